The number of hydrogen-bond acceptors (Lipinski definition) is 5. The van der Waals surface area contributed by atoms with Crippen LogP contribution in [-0.2, 0) is 12.8 Å². The highest BCUT2D eigenvalue weighted by Crippen LogP contribution is 2.25. The lowest BCUT2D eigenvalue weighted by atomic mass is 9.84. The van der Waals surface area contributed by atoms with Gasteiger partial charge in [0.25, 0.3) is 0 Å². The van der Waals surface area contributed by atoms with Crippen molar-refractivity contribution in [2.75, 3.05) is 6.54 Å². The third-order valence-corrected chi connectivity index (χ3v) is 3.46. The van der Waals surface area contributed by atoms with E-state index < -0.39 is 0 Å². The number of aryl methyl sites for hydroxylation is 1. The van der Waals surface area contributed by atoms with E-state index >= 15 is 0 Å². The van der Waals surface area contributed by atoms with E-state index in [1.54, 1.807) is 12.4 Å². The first kappa shape index (κ1) is 14.7. The Hall–Kier alpha value is -1.75. The molecule has 0 aliphatic rings. The Bertz CT molecular complexity index is 522. The van der Waals surface area contributed by atoms with Gasteiger partial charge in [-0.05, 0) is 42.5 Å². The molecule has 2 heterocycles. The molecule has 2 rings (SSSR count). The Balaban J connectivity index is 1.89. The number of rotatable bonds is 7. The molecule has 0 saturated heterocycles. The van der Waals surface area contributed by atoms with Crippen molar-refractivity contribution >= 4 is 0 Å². The van der Waals surface area contributed by atoms with Gasteiger partial charge in [0.2, 0.25) is 5.89 Å². The van der Waals surface area contributed by atoms with Gasteiger partial charge in [-0.1, -0.05) is 19.0 Å². The second kappa shape index (κ2) is 6.61. The van der Waals surface area contributed by atoms with Crippen molar-refractivity contribution in [2.24, 2.45) is 11.1 Å². The van der Waals surface area contributed by atoms with Gasteiger partial charge in [0.05, 0.1) is 0 Å². The summed E-state index contributed by atoms with van der Waals surface area (Å²) in [5.74, 6) is 1.43. The lowest BCUT2D eigenvalue weighted by Gasteiger charge is -2.22. The summed E-state index contributed by atoms with van der Waals surface area (Å²) in [5.41, 5.74) is 6.97. The number of pyridine rings is 1. The SMILES string of the molecule is CC(C)(CCN)CCc1nc(Cc2ccncc2)no1. The average molecular weight is 274 g/mol. The van der Waals surface area contributed by atoms with Gasteiger partial charge >= 0.3 is 0 Å². The molecule has 0 aliphatic carbocycles. The zero-order valence-corrected chi connectivity index (χ0v) is 12.2. The zero-order chi connectivity index (χ0) is 14.4. The minimum Gasteiger partial charge on any atom is -0.339 e. The molecule has 0 spiro atoms. The van der Waals surface area contributed by atoms with Gasteiger partial charge in [-0.15, -0.1) is 0 Å². The first-order chi connectivity index (χ1) is 9.59. The zero-order valence-electron chi connectivity index (χ0n) is 12.2. The highest BCUT2D eigenvalue weighted by molar-refractivity contribution is 5.14. The lowest BCUT2D eigenvalue weighted by Crippen LogP contribution is -2.17. The summed E-state index contributed by atoms with van der Waals surface area (Å²) in [6.07, 6.45) is 7.03. The van der Waals surface area contributed by atoms with Crippen LogP contribution in [0.1, 0.15) is 44.0 Å². The van der Waals surface area contributed by atoms with Crippen molar-refractivity contribution in [3.8, 4) is 0 Å². The maximum absolute atomic E-state index is 5.62. The molecule has 0 bridgehead atoms. The van der Waals surface area contributed by atoms with E-state index in [1.807, 2.05) is 12.1 Å². The fraction of sp³-hybridized carbons (Fsp3) is 0.533. The van der Waals surface area contributed by atoms with Crippen LogP contribution >= 0.6 is 0 Å². The maximum atomic E-state index is 5.62. The Labute approximate surface area is 119 Å². The third kappa shape index (κ3) is 4.42. The average Bonchev–Trinajstić information content (AvgIpc) is 2.85. The molecule has 0 saturated carbocycles. The standard InChI is InChI=1S/C15H22N4O/c1-15(2,7-8-16)6-3-14-18-13(19-20-14)11-12-4-9-17-10-5-12/h4-5,9-10H,3,6-8,11,16H2,1-2H3. The molecule has 0 atom stereocenters. The fourth-order valence-electron chi connectivity index (χ4n) is 2.11. The summed E-state index contributed by atoms with van der Waals surface area (Å²) < 4.78 is 5.30. The molecule has 5 heteroatoms. The molecule has 0 unspecified atom stereocenters. The molecule has 108 valence electrons. The minimum absolute atomic E-state index is 0.217. The van der Waals surface area contributed by atoms with Gasteiger partial charge < -0.3 is 10.3 Å². The molecule has 2 N–H and O–H groups in total. The molecule has 0 aromatic carbocycles. The Morgan fingerprint density at radius 1 is 1.20 bits per heavy atom. The van der Waals surface area contributed by atoms with Gasteiger partial charge in [0.1, 0.15) is 0 Å². The van der Waals surface area contributed by atoms with Crippen molar-refractivity contribution in [3.05, 3.63) is 41.8 Å². The predicted octanol–water partition coefficient (Wildman–Crippen LogP) is 2.36. The highest BCUT2D eigenvalue weighted by atomic mass is 16.5. The molecule has 0 aliphatic heterocycles. The fourth-order valence-corrected chi connectivity index (χ4v) is 2.11. The smallest absolute Gasteiger partial charge is 0.226 e. The highest BCUT2D eigenvalue weighted by Gasteiger charge is 2.18. The van der Waals surface area contributed by atoms with Gasteiger partial charge in [0.15, 0.2) is 5.82 Å². The van der Waals surface area contributed by atoms with Crippen molar-refractivity contribution in [1.82, 2.24) is 15.1 Å². The second-order valence-electron chi connectivity index (χ2n) is 5.84. The largest absolute Gasteiger partial charge is 0.339 e. The molecule has 0 radical (unpaired) electrons. The number of nitrogens with zero attached hydrogens (tertiary/aromatic N) is 3. The van der Waals surface area contributed by atoms with Crippen LogP contribution in [0.4, 0.5) is 0 Å². The van der Waals surface area contributed by atoms with E-state index in [0.29, 0.717) is 18.9 Å². The van der Waals surface area contributed by atoms with E-state index in [1.165, 1.54) is 0 Å². The van der Waals surface area contributed by atoms with Crippen molar-refractivity contribution in [2.45, 2.75) is 39.5 Å². The topological polar surface area (TPSA) is 77.8 Å². The Kier molecular flexibility index (Phi) is 4.84. The Morgan fingerprint density at radius 3 is 2.65 bits per heavy atom. The van der Waals surface area contributed by atoms with Crippen LogP contribution in [0, 0.1) is 5.41 Å². The van der Waals surface area contributed by atoms with E-state index in [-0.39, 0.29) is 5.41 Å². The first-order valence-corrected chi connectivity index (χ1v) is 6.99. The number of hydrogen-bond donors (Lipinski definition) is 1. The van der Waals surface area contributed by atoms with E-state index in [4.69, 9.17) is 10.3 Å². The normalized spacial score (nSPS) is 11.8. The summed E-state index contributed by atoms with van der Waals surface area (Å²) in [5, 5.41) is 4.03. The van der Waals surface area contributed by atoms with Crippen LogP contribution in [0.5, 0.6) is 0 Å². The summed E-state index contributed by atoms with van der Waals surface area (Å²) in [6, 6.07) is 3.92. The van der Waals surface area contributed by atoms with Crippen LogP contribution in [0.15, 0.2) is 29.0 Å². The molecule has 0 amide bonds. The summed E-state index contributed by atoms with van der Waals surface area (Å²) >= 11 is 0. The van der Waals surface area contributed by atoms with E-state index in [0.717, 1.165) is 30.7 Å². The lowest BCUT2D eigenvalue weighted by molar-refractivity contribution is 0.289. The van der Waals surface area contributed by atoms with Crippen LogP contribution < -0.4 is 5.73 Å². The van der Waals surface area contributed by atoms with Gasteiger partial charge in [-0.25, -0.2) is 0 Å². The molecule has 2 aromatic heterocycles. The summed E-state index contributed by atoms with van der Waals surface area (Å²) in [6.45, 7) is 5.15. The predicted molar refractivity (Wildman–Crippen MR) is 77.1 cm³/mol. The summed E-state index contributed by atoms with van der Waals surface area (Å²) in [4.78, 5) is 8.43. The Morgan fingerprint density at radius 2 is 1.95 bits per heavy atom. The third-order valence-electron chi connectivity index (χ3n) is 3.46. The first-order valence-electron chi connectivity index (χ1n) is 6.99. The molecular weight excluding hydrogens is 252 g/mol. The maximum Gasteiger partial charge on any atom is 0.226 e. The quantitative estimate of drug-likeness (QED) is 0.838. The van der Waals surface area contributed by atoms with Gasteiger partial charge in [-0.3, -0.25) is 4.98 Å². The van der Waals surface area contributed by atoms with Crippen LogP contribution in [-0.4, -0.2) is 21.7 Å². The van der Waals surface area contributed by atoms with Crippen LogP contribution in [0.2, 0.25) is 0 Å². The number of nitrogens with two attached hydrogens (primary N) is 1. The molecular formula is C15H22N4O. The van der Waals surface area contributed by atoms with Crippen LogP contribution in [0.3, 0.4) is 0 Å². The minimum atomic E-state index is 0.217. The van der Waals surface area contributed by atoms with Gasteiger partial charge in [-0.2, -0.15) is 4.98 Å². The molecule has 0 fully saturated rings. The van der Waals surface area contributed by atoms with Crippen molar-refractivity contribution in [3.63, 3.8) is 0 Å². The van der Waals surface area contributed by atoms with Crippen LogP contribution in [0.25, 0.3) is 0 Å². The molecule has 20 heavy (non-hydrogen) atoms. The molecule has 5 nitrogen and oxygen atoms in total. The second-order valence-corrected chi connectivity index (χ2v) is 5.84. The van der Waals surface area contributed by atoms with Crippen molar-refractivity contribution < 1.29 is 4.52 Å². The van der Waals surface area contributed by atoms with Gasteiger partial charge in [0, 0.05) is 25.2 Å². The van der Waals surface area contributed by atoms with E-state index in [2.05, 4.69) is 29.0 Å². The van der Waals surface area contributed by atoms with E-state index in [9.17, 15) is 0 Å². The summed E-state index contributed by atoms with van der Waals surface area (Å²) in [7, 11) is 0. The molecule has 2 aromatic rings. The van der Waals surface area contributed by atoms with Crippen molar-refractivity contribution in [1.29, 1.82) is 0 Å². The monoisotopic (exact) mass is 274 g/mol. The number of aromatic nitrogens is 3.